The molecule has 0 saturated heterocycles. The van der Waals surface area contributed by atoms with E-state index in [0.29, 0.717) is 7.27 Å². The third-order valence-corrected chi connectivity index (χ3v) is 4.61. The van der Waals surface area contributed by atoms with Gasteiger partial charge in [-0.3, -0.25) is 0 Å². The van der Waals surface area contributed by atoms with Crippen molar-refractivity contribution in [2.75, 3.05) is 6.61 Å². The summed E-state index contributed by atoms with van der Waals surface area (Å²) >= 11 is 3.59. The van der Waals surface area contributed by atoms with Gasteiger partial charge in [0.05, 0.1) is 10.2 Å². The Bertz CT molecular complexity index is 413. The van der Waals surface area contributed by atoms with Gasteiger partial charge in [-0.25, -0.2) is 18.6 Å². The number of carbonyl (C=O) groups is 1. The van der Waals surface area contributed by atoms with Crippen molar-refractivity contribution >= 4 is 51.2 Å². The number of carbonyl (C=O) groups excluding carboxylic acids is 1. The van der Waals surface area contributed by atoms with Crippen molar-refractivity contribution in [3.05, 3.63) is 24.6 Å². The first kappa shape index (κ1) is 14.0. The van der Waals surface area contributed by atoms with E-state index in [1.54, 1.807) is 29.5 Å². The number of hydrogen-bond acceptors (Lipinski definition) is 3. The molecule has 1 aromatic rings. The number of halogens is 4. The average Bonchev–Trinajstić information content (AvgIpc) is 2.21. The zero-order chi connectivity index (χ0) is 12.3. The van der Waals surface area contributed by atoms with Gasteiger partial charge in [0.25, 0.3) is 6.43 Å². The predicted molar refractivity (Wildman–Crippen MR) is 70.6 cm³/mol. The molecule has 0 amide bonds. The quantitative estimate of drug-likeness (QED) is 0.401. The number of alkyl halides is 2. The molecular formula is C9H7F2I2NO2. The molecule has 0 unspecified atom stereocenters. The number of pyridine rings is 1. The Balaban J connectivity index is 3.18. The molecule has 0 aliphatic heterocycles. The van der Waals surface area contributed by atoms with Crippen LogP contribution >= 0.6 is 45.2 Å². The van der Waals surface area contributed by atoms with Gasteiger partial charge in [-0.05, 0) is 58.2 Å². The van der Waals surface area contributed by atoms with Crippen molar-refractivity contribution in [3.63, 3.8) is 0 Å². The van der Waals surface area contributed by atoms with E-state index in [0.717, 1.165) is 6.07 Å². The van der Waals surface area contributed by atoms with Crippen LogP contribution < -0.4 is 0 Å². The van der Waals surface area contributed by atoms with Gasteiger partial charge in [-0.15, -0.1) is 0 Å². The van der Waals surface area contributed by atoms with Crippen molar-refractivity contribution < 1.29 is 18.3 Å². The minimum Gasteiger partial charge on any atom is -0.461 e. The van der Waals surface area contributed by atoms with Crippen molar-refractivity contribution in [3.8, 4) is 0 Å². The van der Waals surface area contributed by atoms with E-state index in [2.05, 4.69) is 4.98 Å². The van der Waals surface area contributed by atoms with Gasteiger partial charge >= 0.3 is 5.97 Å². The maximum absolute atomic E-state index is 12.6. The third kappa shape index (κ3) is 3.22. The summed E-state index contributed by atoms with van der Waals surface area (Å²) in [7, 11) is 0. The summed E-state index contributed by atoms with van der Waals surface area (Å²) in [6.07, 6.45) is -2.63. The van der Waals surface area contributed by atoms with Crippen molar-refractivity contribution in [1.29, 1.82) is 0 Å². The largest absolute Gasteiger partial charge is 0.461 e. The smallest absolute Gasteiger partial charge is 0.356 e. The van der Waals surface area contributed by atoms with Crippen LogP contribution in [0.2, 0.25) is 0 Å². The minimum atomic E-state index is -2.63. The third-order valence-electron chi connectivity index (χ3n) is 1.67. The number of rotatable bonds is 3. The molecule has 0 aliphatic carbocycles. The summed E-state index contributed by atoms with van der Waals surface area (Å²) in [4.78, 5) is 15.3. The van der Waals surface area contributed by atoms with E-state index in [1.807, 2.05) is 22.6 Å². The van der Waals surface area contributed by atoms with E-state index in [9.17, 15) is 13.6 Å². The molecule has 0 fully saturated rings. The lowest BCUT2D eigenvalue weighted by atomic mass is 10.2. The van der Waals surface area contributed by atoms with Gasteiger partial charge in [0.15, 0.2) is 0 Å². The molecule has 1 aromatic heterocycles. The Morgan fingerprint density at radius 2 is 2.19 bits per heavy atom. The first-order valence-electron chi connectivity index (χ1n) is 4.28. The topological polar surface area (TPSA) is 39.2 Å². The SMILES string of the molecule is CCOC(=O)c1cc(C(F)F)c(I)c(I)n1. The first-order chi connectivity index (χ1) is 7.47. The number of aromatic nitrogens is 1. The van der Waals surface area contributed by atoms with E-state index in [4.69, 9.17) is 4.74 Å². The van der Waals surface area contributed by atoms with Crippen molar-refractivity contribution in [1.82, 2.24) is 4.98 Å². The van der Waals surface area contributed by atoms with Crippen LogP contribution in [0.25, 0.3) is 0 Å². The molecule has 0 spiro atoms. The van der Waals surface area contributed by atoms with Crippen LogP contribution in [-0.2, 0) is 4.74 Å². The van der Waals surface area contributed by atoms with Gasteiger partial charge in [0.1, 0.15) is 9.39 Å². The maximum Gasteiger partial charge on any atom is 0.356 e. The summed E-state index contributed by atoms with van der Waals surface area (Å²) < 4.78 is 30.7. The van der Waals surface area contributed by atoms with Gasteiger partial charge < -0.3 is 4.74 Å². The Morgan fingerprint density at radius 1 is 1.56 bits per heavy atom. The molecule has 0 bridgehead atoms. The summed E-state index contributed by atoms with van der Waals surface area (Å²) in [6, 6.07) is 1.08. The number of ether oxygens (including phenoxy) is 1. The number of nitrogens with zero attached hydrogens (tertiary/aromatic N) is 1. The fourth-order valence-corrected chi connectivity index (χ4v) is 2.07. The Hall–Kier alpha value is -0.0600. The van der Waals surface area contributed by atoms with E-state index in [1.165, 1.54) is 0 Å². The van der Waals surface area contributed by atoms with Gasteiger partial charge in [0, 0.05) is 5.56 Å². The van der Waals surface area contributed by atoms with E-state index in [-0.39, 0.29) is 17.9 Å². The standard InChI is InChI=1S/C9H7F2I2NO2/c1-2-16-9(15)5-3-4(7(10)11)6(12)8(13)14-5/h3,7H,2H2,1H3. The highest BCUT2D eigenvalue weighted by Gasteiger charge is 2.19. The normalized spacial score (nSPS) is 10.6. The molecule has 1 heterocycles. The molecular weight excluding hydrogens is 446 g/mol. The molecule has 0 radical (unpaired) electrons. The molecule has 0 saturated carbocycles. The molecule has 0 aromatic carbocycles. The summed E-state index contributed by atoms with van der Waals surface area (Å²) in [5.41, 5.74) is -0.273. The Labute approximate surface area is 118 Å². The second kappa shape index (κ2) is 6.03. The predicted octanol–water partition coefficient (Wildman–Crippen LogP) is 3.41. The maximum atomic E-state index is 12.6. The highest BCUT2D eigenvalue weighted by molar-refractivity contribution is 14.1. The lowest BCUT2D eigenvalue weighted by Gasteiger charge is -2.08. The fourth-order valence-electron chi connectivity index (χ4n) is 0.985. The average molecular weight is 453 g/mol. The molecule has 1 rings (SSSR count). The number of hydrogen-bond donors (Lipinski definition) is 0. The second-order valence-electron chi connectivity index (χ2n) is 2.72. The second-order valence-corrected chi connectivity index (χ2v) is 4.82. The van der Waals surface area contributed by atoms with Crippen LogP contribution in [0, 0.1) is 7.27 Å². The summed E-state index contributed by atoms with van der Waals surface area (Å²) in [5.74, 6) is -0.682. The molecule has 0 N–H and O–H groups in total. The highest BCUT2D eigenvalue weighted by atomic mass is 127. The van der Waals surface area contributed by atoms with E-state index >= 15 is 0 Å². The van der Waals surface area contributed by atoms with Crippen LogP contribution in [0.4, 0.5) is 8.78 Å². The molecule has 3 nitrogen and oxygen atoms in total. The van der Waals surface area contributed by atoms with Crippen LogP contribution in [0.5, 0.6) is 0 Å². The first-order valence-corrected chi connectivity index (χ1v) is 6.44. The Kier molecular flexibility index (Phi) is 5.28. The lowest BCUT2D eigenvalue weighted by molar-refractivity contribution is 0.0518. The molecule has 16 heavy (non-hydrogen) atoms. The van der Waals surface area contributed by atoms with Crippen molar-refractivity contribution in [2.24, 2.45) is 0 Å². The summed E-state index contributed by atoms with van der Waals surface area (Å²) in [6.45, 7) is 1.83. The van der Waals surface area contributed by atoms with Gasteiger partial charge in [0.2, 0.25) is 0 Å². The molecule has 88 valence electrons. The number of esters is 1. The fraction of sp³-hybridized carbons (Fsp3) is 0.333. The lowest BCUT2D eigenvalue weighted by Crippen LogP contribution is -2.10. The summed E-state index contributed by atoms with van der Waals surface area (Å²) in [5, 5.41) is 0. The highest BCUT2D eigenvalue weighted by Crippen LogP contribution is 2.27. The zero-order valence-electron chi connectivity index (χ0n) is 8.14. The van der Waals surface area contributed by atoms with Crippen LogP contribution in [-0.4, -0.2) is 17.6 Å². The zero-order valence-corrected chi connectivity index (χ0v) is 12.5. The van der Waals surface area contributed by atoms with Gasteiger partial charge in [-0.2, -0.15) is 0 Å². The van der Waals surface area contributed by atoms with Crippen LogP contribution in [0.1, 0.15) is 29.4 Å². The van der Waals surface area contributed by atoms with Crippen LogP contribution in [0.15, 0.2) is 6.07 Å². The molecule has 0 aliphatic rings. The van der Waals surface area contributed by atoms with E-state index < -0.39 is 12.4 Å². The molecule has 0 atom stereocenters. The van der Waals surface area contributed by atoms with Crippen LogP contribution in [0.3, 0.4) is 0 Å². The Morgan fingerprint density at radius 3 is 2.69 bits per heavy atom. The minimum absolute atomic E-state index is 0.0815. The van der Waals surface area contributed by atoms with Crippen molar-refractivity contribution in [2.45, 2.75) is 13.3 Å². The van der Waals surface area contributed by atoms with Gasteiger partial charge in [-0.1, -0.05) is 0 Å². The molecule has 7 heteroatoms. The monoisotopic (exact) mass is 453 g/mol.